The second kappa shape index (κ2) is 7.77. The summed E-state index contributed by atoms with van der Waals surface area (Å²) in [6, 6.07) is 12.6. The Kier molecular flexibility index (Phi) is 6.10. The Morgan fingerprint density at radius 2 is 1.58 bits per heavy atom. The zero-order chi connectivity index (χ0) is 19.4. The third-order valence-electron chi connectivity index (χ3n) is 3.93. The van der Waals surface area contributed by atoms with E-state index < -0.39 is 27.4 Å². The lowest BCUT2D eigenvalue weighted by Gasteiger charge is -2.23. The smallest absolute Gasteiger partial charge is 0.389 e. The van der Waals surface area contributed by atoms with Crippen molar-refractivity contribution in [3.05, 3.63) is 65.7 Å². The summed E-state index contributed by atoms with van der Waals surface area (Å²) in [4.78, 5) is -0.288. The molecular weight excluding hydrogens is 367 g/mol. The van der Waals surface area contributed by atoms with Gasteiger partial charge in [0.2, 0.25) is 10.0 Å². The van der Waals surface area contributed by atoms with Crippen LogP contribution in [0.1, 0.15) is 24.5 Å². The monoisotopic (exact) mass is 387 g/mol. The topological polar surface area (TPSA) is 66.4 Å². The number of benzene rings is 2. The molecule has 0 heterocycles. The van der Waals surface area contributed by atoms with Crippen LogP contribution in [-0.2, 0) is 22.6 Å². The van der Waals surface area contributed by atoms with Crippen molar-refractivity contribution in [3.8, 4) is 0 Å². The third kappa shape index (κ3) is 5.82. The molecule has 0 amide bonds. The molecule has 0 aliphatic carbocycles. The number of sulfonamides is 1. The van der Waals surface area contributed by atoms with E-state index in [1.165, 1.54) is 6.92 Å². The summed E-state index contributed by atoms with van der Waals surface area (Å²) in [6.45, 7) is 1.26. The predicted octanol–water partition coefficient (Wildman–Crippen LogP) is 3.37. The van der Waals surface area contributed by atoms with Gasteiger partial charge < -0.3 is 5.11 Å². The molecule has 2 aromatic rings. The highest BCUT2D eigenvalue weighted by Gasteiger charge is 2.31. The van der Waals surface area contributed by atoms with Crippen LogP contribution in [0.3, 0.4) is 0 Å². The molecule has 0 unspecified atom stereocenters. The number of halogens is 3. The maximum Gasteiger partial charge on any atom is 0.416 e. The first-order chi connectivity index (χ1) is 12.0. The lowest BCUT2D eigenvalue weighted by molar-refractivity contribution is -0.137. The van der Waals surface area contributed by atoms with Gasteiger partial charge in [-0.05, 0) is 49.6 Å². The molecular formula is C18H20F3NO3S. The Balaban J connectivity index is 1.98. The third-order valence-corrected chi connectivity index (χ3v) is 5.35. The van der Waals surface area contributed by atoms with Crippen LogP contribution in [0, 0.1) is 0 Å². The van der Waals surface area contributed by atoms with Gasteiger partial charge in [-0.2, -0.15) is 13.2 Å². The van der Waals surface area contributed by atoms with E-state index in [4.69, 9.17) is 0 Å². The van der Waals surface area contributed by atoms with Crippen LogP contribution in [0.4, 0.5) is 13.2 Å². The zero-order valence-corrected chi connectivity index (χ0v) is 14.9. The first-order valence-corrected chi connectivity index (χ1v) is 9.41. The number of alkyl halides is 3. The largest absolute Gasteiger partial charge is 0.416 e. The van der Waals surface area contributed by atoms with E-state index in [9.17, 15) is 26.7 Å². The molecule has 0 aliphatic rings. The summed E-state index contributed by atoms with van der Waals surface area (Å²) in [7, 11) is -4.02. The highest BCUT2D eigenvalue weighted by molar-refractivity contribution is 7.89. The Hall–Kier alpha value is -1.90. The van der Waals surface area contributed by atoms with Gasteiger partial charge in [-0.1, -0.05) is 30.3 Å². The minimum absolute atomic E-state index is 0.247. The van der Waals surface area contributed by atoms with Gasteiger partial charge in [-0.25, -0.2) is 13.1 Å². The van der Waals surface area contributed by atoms with Gasteiger partial charge in [0.1, 0.15) is 0 Å². The van der Waals surface area contributed by atoms with Gasteiger partial charge in [-0.3, -0.25) is 0 Å². The molecule has 8 heteroatoms. The second-order valence-corrected chi connectivity index (χ2v) is 8.10. The van der Waals surface area contributed by atoms with Gasteiger partial charge >= 0.3 is 6.18 Å². The number of rotatable bonds is 7. The maximum atomic E-state index is 12.5. The highest BCUT2D eigenvalue weighted by atomic mass is 32.2. The van der Waals surface area contributed by atoms with E-state index in [-0.39, 0.29) is 11.4 Å². The fraction of sp³-hybridized carbons (Fsp3) is 0.333. The van der Waals surface area contributed by atoms with E-state index in [1.807, 2.05) is 30.3 Å². The molecule has 0 saturated carbocycles. The van der Waals surface area contributed by atoms with Crippen LogP contribution in [0.2, 0.25) is 0 Å². The van der Waals surface area contributed by atoms with Gasteiger partial charge in [0.15, 0.2) is 0 Å². The number of hydrogen-bond donors (Lipinski definition) is 2. The van der Waals surface area contributed by atoms with Crippen LogP contribution < -0.4 is 4.72 Å². The first kappa shape index (κ1) is 20.4. The Morgan fingerprint density at radius 1 is 1.00 bits per heavy atom. The van der Waals surface area contributed by atoms with Crippen molar-refractivity contribution in [2.24, 2.45) is 0 Å². The van der Waals surface area contributed by atoms with Gasteiger partial charge in [-0.15, -0.1) is 0 Å². The summed E-state index contributed by atoms with van der Waals surface area (Å²) in [6.07, 6.45) is -3.64. The molecule has 0 fully saturated rings. The summed E-state index contributed by atoms with van der Waals surface area (Å²) < 4.78 is 64.3. The maximum absolute atomic E-state index is 12.5. The van der Waals surface area contributed by atoms with Crippen molar-refractivity contribution in [1.29, 1.82) is 0 Å². The molecule has 0 spiro atoms. The minimum atomic E-state index is -4.53. The quantitative estimate of drug-likeness (QED) is 0.766. The summed E-state index contributed by atoms with van der Waals surface area (Å²) in [5, 5.41) is 10.4. The fourth-order valence-electron chi connectivity index (χ4n) is 2.30. The van der Waals surface area contributed by atoms with Gasteiger partial charge in [0.25, 0.3) is 0 Å². The molecule has 1 atom stereocenters. The summed E-state index contributed by atoms with van der Waals surface area (Å²) in [5.74, 6) is 0. The SMILES string of the molecule is C[C@](O)(CCc1ccccc1)CNS(=O)(=O)c1ccc(C(F)(F)F)cc1. The standard InChI is InChI=1S/C18H20F3NO3S/c1-17(23,12-11-14-5-3-2-4-6-14)13-22-26(24,25)16-9-7-15(8-10-16)18(19,20)21/h2-10,22-23H,11-13H2,1H3/t17-/m0/s1. The van der Waals surface area contributed by atoms with E-state index in [0.29, 0.717) is 25.0 Å². The normalized spacial score (nSPS) is 14.8. The average Bonchev–Trinajstić information content (AvgIpc) is 2.59. The van der Waals surface area contributed by atoms with E-state index in [1.54, 1.807) is 0 Å². The van der Waals surface area contributed by atoms with Crippen molar-refractivity contribution in [3.63, 3.8) is 0 Å². The fourth-order valence-corrected chi connectivity index (χ4v) is 3.47. The highest BCUT2D eigenvalue weighted by Crippen LogP contribution is 2.29. The van der Waals surface area contributed by atoms with Crippen molar-refractivity contribution in [2.45, 2.75) is 36.4 Å². The van der Waals surface area contributed by atoms with Crippen LogP contribution in [-0.4, -0.2) is 25.7 Å². The summed E-state index contributed by atoms with van der Waals surface area (Å²) in [5.41, 5.74) is -1.21. The predicted molar refractivity (Wildman–Crippen MR) is 92.0 cm³/mol. The molecule has 0 aliphatic heterocycles. The zero-order valence-electron chi connectivity index (χ0n) is 14.1. The van der Waals surface area contributed by atoms with Crippen molar-refractivity contribution in [2.75, 3.05) is 6.54 Å². The molecule has 0 saturated heterocycles. The number of aryl methyl sites for hydroxylation is 1. The van der Waals surface area contributed by atoms with Crippen LogP contribution in [0.25, 0.3) is 0 Å². The summed E-state index contributed by atoms with van der Waals surface area (Å²) >= 11 is 0. The van der Waals surface area contributed by atoms with Crippen molar-refractivity contribution < 1.29 is 26.7 Å². The van der Waals surface area contributed by atoms with Crippen molar-refractivity contribution >= 4 is 10.0 Å². The Morgan fingerprint density at radius 3 is 2.12 bits per heavy atom. The van der Waals surface area contributed by atoms with Crippen LogP contribution >= 0.6 is 0 Å². The lowest BCUT2D eigenvalue weighted by atomic mass is 9.97. The second-order valence-electron chi connectivity index (χ2n) is 6.33. The van der Waals surface area contributed by atoms with E-state index >= 15 is 0 Å². The molecule has 0 bridgehead atoms. The molecule has 26 heavy (non-hydrogen) atoms. The molecule has 2 aromatic carbocycles. The molecule has 0 aromatic heterocycles. The number of aliphatic hydroxyl groups is 1. The van der Waals surface area contributed by atoms with Crippen LogP contribution in [0.15, 0.2) is 59.5 Å². The molecule has 2 N–H and O–H groups in total. The minimum Gasteiger partial charge on any atom is -0.389 e. The Bertz CT molecular complexity index is 817. The van der Waals surface area contributed by atoms with Crippen molar-refractivity contribution in [1.82, 2.24) is 4.72 Å². The molecule has 142 valence electrons. The van der Waals surface area contributed by atoms with E-state index in [2.05, 4.69) is 4.72 Å². The van der Waals surface area contributed by atoms with Crippen LogP contribution in [0.5, 0.6) is 0 Å². The average molecular weight is 387 g/mol. The number of nitrogens with one attached hydrogen (secondary N) is 1. The number of hydrogen-bond acceptors (Lipinski definition) is 3. The van der Waals surface area contributed by atoms with Gasteiger partial charge in [0, 0.05) is 6.54 Å². The lowest BCUT2D eigenvalue weighted by Crippen LogP contribution is -2.40. The molecule has 2 rings (SSSR count). The van der Waals surface area contributed by atoms with E-state index in [0.717, 1.165) is 17.7 Å². The molecule has 4 nitrogen and oxygen atoms in total. The first-order valence-electron chi connectivity index (χ1n) is 7.93. The Labute approximate surface area is 150 Å². The van der Waals surface area contributed by atoms with Gasteiger partial charge in [0.05, 0.1) is 16.1 Å². The molecule has 0 radical (unpaired) electrons.